The van der Waals surface area contributed by atoms with Gasteiger partial charge >= 0.3 is 0 Å². The van der Waals surface area contributed by atoms with Crippen molar-refractivity contribution < 1.29 is 13.2 Å². The number of nitrogens with two attached hydrogens (primary N) is 1. The Morgan fingerprint density at radius 2 is 2.11 bits per heavy atom. The molecule has 0 saturated carbocycles. The maximum Gasteiger partial charge on any atom is 0.240 e. The zero-order valence-electron chi connectivity index (χ0n) is 10.7. The summed E-state index contributed by atoms with van der Waals surface area (Å²) in [6.07, 6.45) is 0.0927. The number of benzene rings is 1. The van der Waals surface area contributed by atoms with Crippen LogP contribution in [-0.2, 0) is 21.3 Å². The van der Waals surface area contributed by atoms with Crippen LogP contribution in [0.3, 0.4) is 0 Å². The molecule has 1 aromatic rings. The van der Waals surface area contributed by atoms with E-state index in [9.17, 15) is 8.42 Å². The Labute approximate surface area is 108 Å². The lowest BCUT2D eigenvalue weighted by atomic mass is 10.2. The van der Waals surface area contributed by atoms with Crippen molar-refractivity contribution in [1.29, 1.82) is 0 Å². The third-order valence-corrected chi connectivity index (χ3v) is 3.75. The molecule has 18 heavy (non-hydrogen) atoms. The minimum atomic E-state index is -3.48. The number of rotatable bonds is 7. The van der Waals surface area contributed by atoms with Gasteiger partial charge in [-0.3, -0.25) is 0 Å². The van der Waals surface area contributed by atoms with Crippen molar-refractivity contribution in [2.75, 3.05) is 13.2 Å². The summed E-state index contributed by atoms with van der Waals surface area (Å²) in [6, 6.07) is 6.60. The lowest BCUT2D eigenvalue weighted by Crippen LogP contribution is -2.28. The Kier molecular flexibility index (Phi) is 5.74. The molecule has 5 nitrogen and oxygen atoms in total. The van der Waals surface area contributed by atoms with Gasteiger partial charge in [-0.1, -0.05) is 12.1 Å². The van der Waals surface area contributed by atoms with Crippen molar-refractivity contribution >= 4 is 10.0 Å². The van der Waals surface area contributed by atoms with Crippen molar-refractivity contribution in [2.24, 2.45) is 5.73 Å². The van der Waals surface area contributed by atoms with Crippen LogP contribution < -0.4 is 10.5 Å². The molecule has 0 aliphatic carbocycles. The van der Waals surface area contributed by atoms with Gasteiger partial charge in [-0.25, -0.2) is 13.1 Å². The number of hydrogen-bond acceptors (Lipinski definition) is 4. The molecular weight excluding hydrogens is 252 g/mol. The summed E-state index contributed by atoms with van der Waals surface area (Å²) in [5.74, 6) is 0. The zero-order valence-corrected chi connectivity index (χ0v) is 11.5. The van der Waals surface area contributed by atoms with E-state index in [4.69, 9.17) is 10.5 Å². The van der Waals surface area contributed by atoms with Gasteiger partial charge in [0, 0.05) is 13.1 Å². The van der Waals surface area contributed by atoms with E-state index in [2.05, 4.69) is 4.72 Å². The van der Waals surface area contributed by atoms with E-state index in [-0.39, 0.29) is 17.5 Å². The topological polar surface area (TPSA) is 81.4 Å². The monoisotopic (exact) mass is 272 g/mol. The Hall–Kier alpha value is -0.950. The summed E-state index contributed by atoms with van der Waals surface area (Å²) in [7, 11) is -3.48. The zero-order chi connectivity index (χ0) is 13.6. The van der Waals surface area contributed by atoms with Crippen LogP contribution in [-0.4, -0.2) is 27.7 Å². The van der Waals surface area contributed by atoms with Gasteiger partial charge in [0.2, 0.25) is 10.0 Å². The first-order valence-electron chi connectivity index (χ1n) is 5.86. The molecule has 1 aromatic carbocycles. The highest BCUT2D eigenvalue weighted by atomic mass is 32.2. The Morgan fingerprint density at radius 1 is 1.39 bits per heavy atom. The van der Waals surface area contributed by atoms with Crippen LogP contribution in [0.25, 0.3) is 0 Å². The average Bonchev–Trinajstić information content (AvgIpc) is 2.34. The predicted molar refractivity (Wildman–Crippen MR) is 70.6 cm³/mol. The Balaban J connectivity index is 2.62. The maximum absolute atomic E-state index is 11.9. The quantitative estimate of drug-likeness (QED) is 0.721. The molecule has 102 valence electrons. The van der Waals surface area contributed by atoms with Crippen molar-refractivity contribution in [2.45, 2.75) is 31.4 Å². The highest BCUT2D eigenvalue weighted by Gasteiger charge is 2.13. The van der Waals surface area contributed by atoms with E-state index < -0.39 is 10.0 Å². The van der Waals surface area contributed by atoms with E-state index in [0.29, 0.717) is 13.2 Å². The Morgan fingerprint density at radius 3 is 2.72 bits per heavy atom. The van der Waals surface area contributed by atoms with Crippen molar-refractivity contribution in [3.63, 3.8) is 0 Å². The third-order valence-electron chi connectivity index (χ3n) is 2.29. The van der Waals surface area contributed by atoms with Gasteiger partial charge in [0.05, 0.1) is 17.6 Å². The molecule has 3 N–H and O–H groups in total. The summed E-state index contributed by atoms with van der Waals surface area (Å²) in [5.41, 5.74) is 6.27. The fraction of sp³-hybridized carbons (Fsp3) is 0.500. The first kappa shape index (κ1) is 15.1. The van der Waals surface area contributed by atoms with Gasteiger partial charge in [-0.15, -0.1) is 0 Å². The highest BCUT2D eigenvalue weighted by molar-refractivity contribution is 7.89. The van der Waals surface area contributed by atoms with Crippen LogP contribution in [0.2, 0.25) is 0 Å². The fourth-order valence-corrected chi connectivity index (χ4v) is 2.48. The van der Waals surface area contributed by atoms with E-state index in [1.54, 1.807) is 24.3 Å². The summed E-state index contributed by atoms with van der Waals surface area (Å²) in [4.78, 5) is 0.231. The van der Waals surface area contributed by atoms with E-state index in [0.717, 1.165) is 5.56 Å². The largest absolute Gasteiger partial charge is 0.377 e. The first-order valence-corrected chi connectivity index (χ1v) is 7.34. The molecule has 0 amide bonds. The molecule has 0 radical (unpaired) electrons. The van der Waals surface area contributed by atoms with Crippen molar-refractivity contribution in [3.8, 4) is 0 Å². The standard InChI is InChI=1S/C12H20N2O3S/c1-10(2)17-7-6-14-18(15,16)12-5-3-4-11(8-12)9-13/h3-5,8,10,14H,6-7,9,13H2,1-2H3. The SMILES string of the molecule is CC(C)OCCNS(=O)(=O)c1cccc(CN)c1. The molecule has 0 spiro atoms. The van der Waals surface area contributed by atoms with Gasteiger partial charge in [0.1, 0.15) is 0 Å². The normalized spacial score (nSPS) is 12.0. The van der Waals surface area contributed by atoms with Crippen molar-refractivity contribution in [1.82, 2.24) is 4.72 Å². The summed E-state index contributed by atoms with van der Waals surface area (Å²) in [6.45, 7) is 4.74. The van der Waals surface area contributed by atoms with Gasteiger partial charge in [0.25, 0.3) is 0 Å². The molecule has 0 bridgehead atoms. The van der Waals surface area contributed by atoms with Crippen LogP contribution in [0.4, 0.5) is 0 Å². The third kappa shape index (κ3) is 4.73. The Bertz CT molecular complexity index is 472. The van der Waals surface area contributed by atoms with Crippen LogP contribution in [0, 0.1) is 0 Å². The second kappa shape index (κ2) is 6.84. The van der Waals surface area contributed by atoms with Crippen LogP contribution in [0.5, 0.6) is 0 Å². The number of hydrogen-bond donors (Lipinski definition) is 2. The molecule has 0 heterocycles. The van der Waals surface area contributed by atoms with E-state index in [1.807, 2.05) is 13.8 Å². The molecule has 0 fully saturated rings. The molecule has 0 aliphatic rings. The van der Waals surface area contributed by atoms with Crippen molar-refractivity contribution in [3.05, 3.63) is 29.8 Å². The molecular formula is C12H20N2O3S. The average molecular weight is 272 g/mol. The molecule has 0 atom stereocenters. The van der Waals surface area contributed by atoms with E-state index >= 15 is 0 Å². The predicted octanol–water partition coefficient (Wildman–Crippen LogP) is 0.849. The maximum atomic E-state index is 11.9. The number of nitrogens with one attached hydrogen (secondary N) is 1. The molecule has 0 saturated heterocycles. The second-order valence-electron chi connectivity index (χ2n) is 4.17. The molecule has 6 heteroatoms. The van der Waals surface area contributed by atoms with E-state index in [1.165, 1.54) is 0 Å². The van der Waals surface area contributed by atoms with Gasteiger partial charge < -0.3 is 10.5 Å². The molecule has 0 aliphatic heterocycles. The number of ether oxygens (including phenoxy) is 1. The lowest BCUT2D eigenvalue weighted by molar-refractivity contribution is 0.0834. The lowest BCUT2D eigenvalue weighted by Gasteiger charge is -2.10. The van der Waals surface area contributed by atoms with Crippen LogP contribution >= 0.6 is 0 Å². The molecule has 0 unspecified atom stereocenters. The van der Waals surface area contributed by atoms with Gasteiger partial charge in [-0.2, -0.15) is 0 Å². The van der Waals surface area contributed by atoms with Crippen LogP contribution in [0.1, 0.15) is 19.4 Å². The highest BCUT2D eigenvalue weighted by Crippen LogP contribution is 2.10. The summed E-state index contributed by atoms with van der Waals surface area (Å²) < 4.78 is 31.6. The summed E-state index contributed by atoms with van der Waals surface area (Å²) >= 11 is 0. The fourth-order valence-electron chi connectivity index (χ4n) is 1.39. The number of sulfonamides is 1. The molecule has 0 aromatic heterocycles. The first-order chi connectivity index (χ1) is 8.45. The summed E-state index contributed by atoms with van der Waals surface area (Å²) in [5, 5.41) is 0. The van der Waals surface area contributed by atoms with Gasteiger partial charge in [0.15, 0.2) is 0 Å². The minimum Gasteiger partial charge on any atom is -0.377 e. The minimum absolute atomic E-state index is 0.0927. The van der Waals surface area contributed by atoms with Gasteiger partial charge in [-0.05, 0) is 31.5 Å². The van der Waals surface area contributed by atoms with Crippen LogP contribution in [0.15, 0.2) is 29.2 Å². The second-order valence-corrected chi connectivity index (χ2v) is 5.94. The molecule has 1 rings (SSSR count). The smallest absolute Gasteiger partial charge is 0.240 e.